The third kappa shape index (κ3) is 3.62. The van der Waals surface area contributed by atoms with E-state index in [1.807, 2.05) is 30.3 Å². The minimum absolute atomic E-state index is 0.151. The van der Waals surface area contributed by atoms with Gasteiger partial charge in [-0.05, 0) is 29.5 Å². The van der Waals surface area contributed by atoms with Crippen LogP contribution < -0.4 is 0 Å². The molecule has 0 aromatic heterocycles. The Balaban J connectivity index is 2.43. The Morgan fingerprint density at radius 2 is 1.60 bits per heavy atom. The van der Waals surface area contributed by atoms with Gasteiger partial charge in [0.2, 0.25) is 0 Å². The molecule has 2 aromatic carbocycles. The predicted molar refractivity (Wildman–Crippen MR) is 83.5 cm³/mol. The topological polar surface area (TPSA) is 34.1 Å². The largest absolute Gasteiger partial charge is 0.261 e. The van der Waals surface area contributed by atoms with Crippen LogP contribution in [0.15, 0.2) is 53.4 Å². The van der Waals surface area contributed by atoms with Crippen LogP contribution in [0.4, 0.5) is 0 Å². The summed E-state index contributed by atoms with van der Waals surface area (Å²) in [6.45, 7) is 4.34. The van der Waals surface area contributed by atoms with Gasteiger partial charge in [-0.3, -0.25) is 0 Å². The lowest BCUT2D eigenvalue weighted by Crippen LogP contribution is -1.96. The summed E-state index contributed by atoms with van der Waals surface area (Å²) in [6, 6.07) is 14.7. The summed E-state index contributed by atoms with van der Waals surface area (Å²) >= 11 is 0. The van der Waals surface area contributed by atoms with E-state index in [4.69, 9.17) is 10.7 Å². The zero-order valence-electron chi connectivity index (χ0n) is 11.5. The van der Waals surface area contributed by atoms with E-state index in [1.165, 1.54) is 11.6 Å². The summed E-state index contributed by atoms with van der Waals surface area (Å²) in [5, 5.41) is 0. The van der Waals surface area contributed by atoms with Crippen LogP contribution in [0.1, 0.15) is 19.4 Å². The van der Waals surface area contributed by atoms with Crippen molar-refractivity contribution in [3.63, 3.8) is 0 Å². The lowest BCUT2D eigenvalue weighted by molar-refractivity contribution is 0.610. The summed E-state index contributed by atoms with van der Waals surface area (Å²) in [5.74, 6) is 0.594. The van der Waals surface area contributed by atoms with Gasteiger partial charge in [0.1, 0.15) is 0 Å². The van der Waals surface area contributed by atoms with Crippen molar-refractivity contribution in [3.8, 4) is 11.1 Å². The van der Waals surface area contributed by atoms with Gasteiger partial charge in [-0.15, -0.1) is 0 Å². The fourth-order valence-electron chi connectivity index (χ4n) is 2.21. The van der Waals surface area contributed by atoms with Crippen LogP contribution in [0.25, 0.3) is 11.1 Å². The highest BCUT2D eigenvalue weighted by Gasteiger charge is 2.15. The Morgan fingerprint density at radius 3 is 2.15 bits per heavy atom. The minimum atomic E-state index is -3.74. The maximum atomic E-state index is 11.6. The summed E-state index contributed by atoms with van der Waals surface area (Å²) in [5.41, 5.74) is 2.74. The van der Waals surface area contributed by atoms with E-state index < -0.39 is 9.05 Å². The van der Waals surface area contributed by atoms with Crippen LogP contribution in [-0.4, -0.2) is 8.42 Å². The fraction of sp³-hybridized carbons (Fsp3) is 0.250. The van der Waals surface area contributed by atoms with Crippen molar-refractivity contribution in [3.05, 3.63) is 54.1 Å². The fourth-order valence-corrected chi connectivity index (χ4v) is 3.30. The van der Waals surface area contributed by atoms with E-state index in [1.54, 1.807) is 12.1 Å². The van der Waals surface area contributed by atoms with E-state index in [-0.39, 0.29) is 4.90 Å². The van der Waals surface area contributed by atoms with Gasteiger partial charge in [0.15, 0.2) is 0 Å². The van der Waals surface area contributed by atoms with Crippen molar-refractivity contribution in [2.75, 3.05) is 0 Å². The molecule has 0 saturated heterocycles. The molecule has 2 nitrogen and oxygen atoms in total. The molecule has 0 bridgehead atoms. The van der Waals surface area contributed by atoms with E-state index in [0.717, 1.165) is 12.0 Å². The molecule has 0 N–H and O–H groups in total. The first-order valence-electron chi connectivity index (χ1n) is 6.51. The quantitative estimate of drug-likeness (QED) is 0.780. The molecule has 0 aliphatic carbocycles. The van der Waals surface area contributed by atoms with Crippen molar-refractivity contribution in [2.24, 2.45) is 5.92 Å². The lowest BCUT2D eigenvalue weighted by atomic mass is 9.99. The molecule has 0 heterocycles. The molecule has 106 valence electrons. The average molecular weight is 309 g/mol. The SMILES string of the molecule is CC(C)Cc1ccc(-c2ccccc2S(=O)(=O)Cl)cc1. The van der Waals surface area contributed by atoms with Crippen LogP contribution in [-0.2, 0) is 15.5 Å². The van der Waals surface area contributed by atoms with Gasteiger partial charge in [-0.25, -0.2) is 8.42 Å². The van der Waals surface area contributed by atoms with Gasteiger partial charge in [0, 0.05) is 16.2 Å². The van der Waals surface area contributed by atoms with Gasteiger partial charge in [0.05, 0.1) is 4.90 Å². The molecule has 0 unspecified atom stereocenters. The van der Waals surface area contributed by atoms with E-state index in [0.29, 0.717) is 11.5 Å². The maximum Gasteiger partial charge on any atom is 0.261 e. The van der Waals surface area contributed by atoms with Gasteiger partial charge >= 0.3 is 0 Å². The number of hydrogen-bond donors (Lipinski definition) is 0. The Hall–Kier alpha value is -1.32. The Bertz CT molecular complexity index is 689. The van der Waals surface area contributed by atoms with Crippen molar-refractivity contribution in [1.29, 1.82) is 0 Å². The molecule has 0 atom stereocenters. The third-order valence-corrected chi connectivity index (χ3v) is 4.44. The zero-order chi connectivity index (χ0) is 14.8. The minimum Gasteiger partial charge on any atom is -0.207 e. The monoisotopic (exact) mass is 308 g/mol. The van der Waals surface area contributed by atoms with E-state index >= 15 is 0 Å². The molecule has 0 aliphatic rings. The van der Waals surface area contributed by atoms with Gasteiger partial charge in [0.25, 0.3) is 9.05 Å². The Labute approximate surface area is 124 Å². The van der Waals surface area contributed by atoms with Crippen molar-refractivity contribution in [1.82, 2.24) is 0 Å². The van der Waals surface area contributed by atoms with Gasteiger partial charge < -0.3 is 0 Å². The molecule has 0 saturated carbocycles. The highest BCUT2D eigenvalue weighted by Crippen LogP contribution is 2.29. The first kappa shape index (κ1) is 15.1. The third-order valence-electron chi connectivity index (χ3n) is 3.06. The van der Waals surface area contributed by atoms with Crippen molar-refractivity contribution in [2.45, 2.75) is 25.2 Å². The van der Waals surface area contributed by atoms with E-state index in [2.05, 4.69) is 13.8 Å². The van der Waals surface area contributed by atoms with Gasteiger partial charge in [-0.2, -0.15) is 0 Å². The summed E-state index contributed by atoms with van der Waals surface area (Å²) in [6.07, 6.45) is 1.01. The normalized spacial score (nSPS) is 11.8. The average Bonchev–Trinajstić information content (AvgIpc) is 2.38. The number of benzene rings is 2. The second kappa shape index (κ2) is 5.98. The summed E-state index contributed by atoms with van der Waals surface area (Å²) < 4.78 is 23.2. The van der Waals surface area contributed by atoms with E-state index in [9.17, 15) is 8.42 Å². The van der Waals surface area contributed by atoms with Crippen LogP contribution in [0.2, 0.25) is 0 Å². The van der Waals surface area contributed by atoms with Crippen LogP contribution in [0.3, 0.4) is 0 Å². The van der Waals surface area contributed by atoms with Crippen LogP contribution in [0, 0.1) is 5.92 Å². The molecule has 4 heteroatoms. The second-order valence-corrected chi connectivity index (χ2v) is 7.76. The highest BCUT2D eigenvalue weighted by atomic mass is 35.7. The molecule has 0 aliphatic heterocycles. The molecular weight excluding hydrogens is 292 g/mol. The second-order valence-electron chi connectivity index (χ2n) is 5.23. The molecule has 2 rings (SSSR count). The molecule has 0 fully saturated rings. The molecule has 0 amide bonds. The summed E-state index contributed by atoms with van der Waals surface area (Å²) in [7, 11) is 1.75. The van der Waals surface area contributed by atoms with Gasteiger partial charge in [-0.1, -0.05) is 56.3 Å². The predicted octanol–water partition coefficient (Wildman–Crippen LogP) is 4.48. The smallest absolute Gasteiger partial charge is 0.207 e. The first-order chi connectivity index (χ1) is 9.38. The molecule has 20 heavy (non-hydrogen) atoms. The molecule has 0 spiro atoms. The van der Waals surface area contributed by atoms with Crippen molar-refractivity contribution < 1.29 is 8.42 Å². The number of halogens is 1. The van der Waals surface area contributed by atoms with Crippen LogP contribution in [0.5, 0.6) is 0 Å². The Kier molecular flexibility index (Phi) is 4.51. The highest BCUT2D eigenvalue weighted by molar-refractivity contribution is 8.13. The standard InChI is InChI=1S/C16H17ClO2S/c1-12(2)11-13-7-9-14(10-8-13)15-5-3-4-6-16(15)20(17,18)19/h3-10,12H,11H2,1-2H3. The maximum absolute atomic E-state index is 11.6. The Morgan fingerprint density at radius 1 is 1.00 bits per heavy atom. The van der Waals surface area contributed by atoms with Crippen molar-refractivity contribution >= 4 is 19.7 Å². The number of hydrogen-bond acceptors (Lipinski definition) is 2. The molecule has 0 radical (unpaired) electrons. The summed E-state index contributed by atoms with van der Waals surface area (Å²) in [4.78, 5) is 0.151. The molecule has 2 aromatic rings. The number of rotatable bonds is 4. The zero-order valence-corrected chi connectivity index (χ0v) is 13.1. The molecular formula is C16H17ClO2S. The first-order valence-corrected chi connectivity index (χ1v) is 8.82. The van der Waals surface area contributed by atoms with Crippen LogP contribution >= 0.6 is 10.7 Å². The lowest BCUT2D eigenvalue weighted by Gasteiger charge is -2.09.